The fourth-order valence-corrected chi connectivity index (χ4v) is 7.01. The van der Waals surface area contributed by atoms with Crippen molar-refractivity contribution in [2.45, 2.75) is 180 Å². The number of benzene rings is 7. The SMILES string of the molecule is C.C.C.C.C.CCCC(C)CC(C)(C)CC.Cc1ccc(C)c(C)c1.Cc1ccc(C)cc1.Cc1ccc(Cc2ccc(C)cc2)cc1.Cc1ccc(Oc2ccc(C)cc2)cc1.Cc1cccc(C)c1. The smallest absolute Gasteiger partial charge is 0.127 e. The van der Waals surface area contributed by atoms with E-state index >= 15 is 0 Å². The molecule has 7 rings (SSSR count). The van der Waals surface area contributed by atoms with Crippen LogP contribution in [0.5, 0.6) is 11.5 Å². The Morgan fingerprint density at radius 3 is 0.972 bits per heavy atom. The Kier molecular flexibility index (Phi) is 39.5. The topological polar surface area (TPSA) is 9.23 Å². The average Bonchev–Trinajstić information content (AvgIpc) is 3.27. The van der Waals surface area contributed by atoms with Crippen LogP contribution in [0.25, 0.3) is 0 Å². The van der Waals surface area contributed by atoms with Crippen LogP contribution in [0.3, 0.4) is 0 Å². The van der Waals surface area contributed by atoms with E-state index in [1.165, 1.54) is 98.0 Å². The maximum atomic E-state index is 5.69. The van der Waals surface area contributed by atoms with Gasteiger partial charge in [-0.2, -0.15) is 0 Å². The Labute approximate surface area is 441 Å². The van der Waals surface area contributed by atoms with Crippen LogP contribution >= 0.6 is 0 Å². The Bertz CT molecular complexity index is 2110. The van der Waals surface area contributed by atoms with E-state index in [0.717, 1.165) is 23.8 Å². The van der Waals surface area contributed by atoms with Crippen molar-refractivity contribution in [1.82, 2.24) is 0 Å². The van der Waals surface area contributed by atoms with Crippen molar-refractivity contribution in [2.75, 3.05) is 0 Å². The lowest BCUT2D eigenvalue weighted by molar-refractivity contribution is 0.258. The first-order chi connectivity index (χ1) is 31.3. The summed E-state index contributed by atoms with van der Waals surface area (Å²) in [5, 5.41) is 0. The fourth-order valence-electron chi connectivity index (χ4n) is 7.01. The van der Waals surface area contributed by atoms with Crippen molar-refractivity contribution in [2.24, 2.45) is 11.3 Å². The van der Waals surface area contributed by atoms with Crippen molar-refractivity contribution < 1.29 is 4.74 Å². The van der Waals surface area contributed by atoms with E-state index in [2.05, 4.69) is 226 Å². The minimum absolute atomic E-state index is 0. The van der Waals surface area contributed by atoms with Gasteiger partial charge in [-0.25, -0.2) is 0 Å². The summed E-state index contributed by atoms with van der Waals surface area (Å²) in [4.78, 5) is 0. The maximum absolute atomic E-state index is 5.69. The van der Waals surface area contributed by atoms with Crippen LogP contribution in [-0.4, -0.2) is 0 Å². The molecule has 392 valence electrons. The maximum Gasteiger partial charge on any atom is 0.127 e. The molecule has 0 N–H and O–H groups in total. The summed E-state index contributed by atoms with van der Waals surface area (Å²) < 4.78 is 5.69. The molecule has 0 saturated heterocycles. The van der Waals surface area contributed by atoms with Crippen LogP contribution in [0.15, 0.2) is 164 Å². The molecule has 0 aliphatic rings. The molecule has 0 fully saturated rings. The minimum atomic E-state index is 0. The average molecular weight is 964 g/mol. The van der Waals surface area contributed by atoms with Gasteiger partial charge in [0.2, 0.25) is 0 Å². The first-order valence-corrected chi connectivity index (χ1v) is 24.3. The zero-order chi connectivity index (χ0) is 49.1. The highest BCUT2D eigenvalue weighted by atomic mass is 16.5. The van der Waals surface area contributed by atoms with Crippen LogP contribution in [-0.2, 0) is 6.42 Å². The normalized spacial score (nSPS) is 9.92. The van der Waals surface area contributed by atoms with E-state index in [4.69, 9.17) is 4.74 Å². The molecule has 7 aromatic rings. The Balaban J connectivity index is -0.000000381. The lowest BCUT2D eigenvalue weighted by atomic mass is 9.80. The third kappa shape index (κ3) is 33.5. The molecule has 7 aromatic carbocycles. The molecule has 0 aliphatic carbocycles. The monoisotopic (exact) mass is 963 g/mol. The van der Waals surface area contributed by atoms with Gasteiger partial charge in [0.15, 0.2) is 0 Å². The third-order valence-electron chi connectivity index (χ3n) is 11.6. The van der Waals surface area contributed by atoms with Gasteiger partial charge in [0.25, 0.3) is 0 Å². The van der Waals surface area contributed by atoms with Gasteiger partial charge in [0.1, 0.15) is 11.5 Å². The van der Waals surface area contributed by atoms with Gasteiger partial charge in [-0.3, -0.25) is 0 Å². The second kappa shape index (κ2) is 39.0. The molecule has 0 saturated carbocycles. The summed E-state index contributed by atoms with van der Waals surface area (Å²) >= 11 is 0. The van der Waals surface area contributed by atoms with E-state index in [1.54, 1.807) is 0 Å². The molecular formula is C70H106O. The molecule has 1 atom stereocenters. The highest BCUT2D eigenvalue weighted by molar-refractivity contribution is 5.34. The molecule has 1 nitrogen and oxygen atoms in total. The number of rotatable bonds is 9. The van der Waals surface area contributed by atoms with Crippen LogP contribution in [0.1, 0.15) is 170 Å². The van der Waals surface area contributed by atoms with Gasteiger partial charge in [0, 0.05) is 0 Å². The second-order valence-corrected chi connectivity index (χ2v) is 19.4. The molecule has 1 unspecified atom stereocenters. The zero-order valence-corrected chi connectivity index (χ0v) is 44.1. The van der Waals surface area contributed by atoms with Crippen molar-refractivity contribution in [3.05, 3.63) is 236 Å². The molecule has 0 amide bonds. The molecule has 0 radical (unpaired) electrons. The molecule has 71 heavy (non-hydrogen) atoms. The third-order valence-corrected chi connectivity index (χ3v) is 11.6. The number of ether oxygens (including phenoxy) is 1. The molecular weight excluding hydrogens is 857 g/mol. The molecule has 0 aromatic heterocycles. The van der Waals surface area contributed by atoms with Crippen molar-refractivity contribution >= 4 is 0 Å². The lowest BCUT2D eigenvalue weighted by Crippen LogP contribution is -2.14. The first kappa shape index (κ1) is 71.9. The standard InChI is InChI=1S/C15H16.C14H14O.C11H24.C9H12.2C8H10.5CH4/c1-12-3-7-14(8-4-12)11-15-9-5-13(2)6-10-15;1-11-3-7-13(8-4-11)15-14-9-5-12(2)6-10-14;1-6-8-10(3)9-11(4,5)7-2;1-7-4-5-8(2)9(3)6-7;1-7-3-5-8(2)6-4-7;1-7-4-3-5-8(2)6-7;;;;;/h3-10H,11H2,1-2H3;3-10H,1-2H3;10H,6-9H2,1-5H3;4-6H,1-3H3;2*3-6H,1-2H3;5*1H4. The zero-order valence-electron chi connectivity index (χ0n) is 44.1. The van der Waals surface area contributed by atoms with Gasteiger partial charge < -0.3 is 4.74 Å². The summed E-state index contributed by atoms with van der Waals surface area (Å²) in [7, 11) is 0. The largest absolute Gasteiger partial charge is 0.457 e. The molecule has 0 heterocycles. The van der Waals surface area contributed by atoms with E-state index in [-0.39, 0.29) is 37.1 Å². The number of hydrogen-bond acceptors (Lipinski definition) is 1. The molecule has 0 bridgehead atoms. The summed E-state index contributed by atoms with van der Waals surface area (Å²) in [6.45, 7) is 34.9. The molecule has 1 heteroatoms. The highest BCUT2D eigenvalue weighted by Crippen LogP contribution is 2.30. The van der Waals surface area contributed by atoms with Crippen LogP contribution in [0.4, 0.5) is 0 Å². The first-order valence-electron chi connectivity index (χ1n) is 24.3. The van der Waals surface area contributed by atoms with E-state index < -0.39 is 0 Å². The van der Waals surface area contributed by atoms with Crippen LogP contribution < -0.4 is 4.74 Å². The van der Waals surface area contributed by atoms with E-state index in [1.807, 2.05) is 48.5 Å². The highest BCUT2D eigenvalue weighted by Gasteiger charge is 2.17. The quantitative estimate of drug-likeness (QED) is 0.140. The van der Waals surface area contributed by atoms with Crippen molar-refractivity contribution in [1.29, 1.82) is 0 Å². The van der Waals surface area contributed by atoms with Gasteiger partial charge >= 0.3 is 0 Å². The lowest BCUT2D eigenvalue weighted by Gasteiger charge is -2.26. The predicted octanol–water partition coefficient (Wildman–Crippen LogP) is 22.6. The van der Waals surface area contributed by atoms with Crippen molar-refractivity contribution in [3.8, 4) is 11.5 Å². The Morgan fingerprint density at radius 2 is 0.690 bits per heavy atom. The van der Waals surface area contributed by atoms with Gasteiger partial charge in [-0.1, -0.05) is 281 Å². The van der Waals surface area contributed by atoms with Crippen molar-refractivity contribution in [3.63, 3.8) is 0 Å². The van der Waals surface area contributed by atoms with Crippen LogP contribution in [0, 0.1) is 87.5 Å². The van der Waals surface area contributed by atoms with Crippen LogP contribution in [0.2, 0.25) is 0 Å². The van der Waals surface area contributed by atoms with E-state index in [9.17, 15) is 0 Å². The predicted molar refractivity (Wildman–Crippen MR) is 326 cm³/mol. The van der Waals surface area contributed by atoms with Gasteiger partial charge in [0.05, 0.1) is 0 Å². The molecule has 0 aliphatic heterocycles. The molecule has 0 spiro atoms. The van der Waals surface area contributed by atoms with Gasteiger partial charge in [-0.05, 0) is 147 Å². The van der Waals surface area contributed by atoms with Gasteiger partial charge in [-0.15, -0.1) is 0 Å². The summed E-state index contributed by atoms with van der Waals surface area (Å²) in [6, 6.07) is 57.0. The fraction of sp³-hybridized carbons (Fsp3) is 0.400. The Morgan fingerprint density at radius 1 is 0.380 bits per heavy atom. The summed E-state index contributed by atoms with van der Waals surface area (Å²) in [5.41, 5.74) is 17.9. The minimum Gasteiger partial charge on any atom is -0.457 e. The summed E-state index contributed by atoms with van der Waals surface area (Å²) in [6.07, 6.45) is 6.45. The summed E-state index contributed by atoms with van der Waals surface area (Å²) in [5.74, 6) is 2.67. The number of hydrogen-bond donors (Lipinski definition) is 0. The Hall–Kier alpha value is -5.66. The number of aryl methyl sites for hydroxylation is 11. The second-order valence-electron chi connectivity index (χ2n) is 19.4. The van der Waals surface area contributed by atoms with E-state index in [0.29, 0.717) is 5.41 Å².